The maximum Gasteiger partial charge on any atom is 0.317 e. The largest absolute Gasteiger partial charge is 0.481 e. The average Bonchev–Trinajstić information content (AvgIpc) is 3.12. The van der Waals surface area contributed by atoms with Gasteiger partial charge in [0.25, 0.3) is 0 Å². The van der Waals surface area contributed by atoms with Crippen molar-refractivity contribution in [3.8, 4) is 0 Å². The topological polar surface area (TPSA) is 72.9 Å². The standard InChI is InChI=1S/C13H23N3O3/c1-10-8-15(2)6-3-7-16(10)12(19)14-9-13(4-5-13)11(17)18/h10H,3-9H2,1-2H3,(H,14,19)(H,17,18). The van der Waals surface area contributed by atoms with Crippen LogP contribution in [0.4, 0.5) is 4.79 Å². The summed E-state index contributed by atoms with van der Waals surface area (Å²) in [7, 11) is 2.06. The zero-order valence-electron chi connectivity index (χ0n) is 11.7. The third-order valence-electron chi connectivity index (χ3n) is 4.19. The summed E-state index contributed by atoms with van der Waals surface area (Å²) in [5.41, 5.74) is -0.693. The molecule has 0 aromatic rings. The van der Waals surface area contributed by atoms with Crippen molar-refractivity contribution < 1.29 is 14.7 Å². The number of carboxylic acids is 1. The molecule has 0 radical (unpaired) electrons. The summed E-state index contributed by atoms with van der Waals surface area (Å²) in [6.45, 7) is 4.87. The van der Waals surface area contributed by atoms with Crippen LogP contribution >= 0.6 is 0 Å². The summed E-state index contributed by atoms with van der Waals surface area (Å²) < 4.78 is 0. The van der Waals surface area contributed by atoms with Crippen molar-refractivity contribution in [2.75, 3.05) is 33.2 Å². The van der Waals surface area contributed by atoms with E-state index < -0.39 is 11.4 Å². The Balaban J connectivity index is 1.87. The summed E-state index contributed by atoms with van der Waals surface area (Å²) in [6, 6.07) is 0.0304. The highest BCUT2D eigenvalue weighted by Gasteiger charge is 2.50. The zero-order chi connectivity index (χ0) is 14.0. The fourth-order valence-corrected chi connectivity index (χ4v) is 2.64. The molecule has 6 nitrogen and oxygen atoms in total. The van der Waals surface area contributed by atoms with Crippen LogP contribution in [-0.2, 0) is 4.79 Å². The van der Waals surface area contributed by atoms with Gasteiger partial charge in [-0.3, -0.25) is 4.79 Å². The molecule has 6 heteroatoms. The number of carboxylic acid groups (broad SMARTS) is 1. The maximum absolute atomic E-state index is 12.2. The van der Waals surface area contributed by atoms with Crippen LogP contribution in [0.25, 0.3) is 0 Å². The Morgan fingerprint density at radius 2 is 2.05 bits per heavy atom. The molecule has 1 saturated heterocycles. The first-order valence-corrected chi connectivity index (χ1v) is 6.91. The second kappa shape index (κ2) is 5.36. The van der Waals surface area contributed by atoms with E-state index in [1.807, 2.05) is 11.8 Å². The van der Waals surface area contributed by atoms with E-state index in [0.29, 0.717) is 12.8 Å². The summed E-state index contributed by atoms with van der Waals surface area (Å²) in [5.74, 6) is -0.795. The minimum Gasteiger partial charge on any atom is -0.481 e. The molecule has 2 aliphatic rings. The molecule has 2 rings (SSSR count). The summed E-state index contributed by atoms with van der Waals surface area (Å²) in [5, 5.41) is 11.9. The van der Waals surface area contributed by atoms with E-state index in [9.17, 15) is 9.59 Å². The molecule has 0 spiro atoms. The smallest absolute Gasteiger partial charge is 0.317 e. The molecule has 2 amide bonds. The molecular formula is C13H23N3O3. The molecule has 1 unspecified atom stereocenters. The van der Waals surface area contributed by atoms with Crippen molar-refractivity contribution in [2.45, 2.75) is 32.2 Å². The van der Waals surface area contributed by atoms with Crippen molar-refractivity contribution in [1.82, 2.24) is 15.1 Å². The number of amides is 2. The van der Waals surface area contributed by atoms with Gasteiger partial charge in [0.2, 0.25) is 0 Å². The van der Waals surface area contributed by atoms with Crippen molar-refractivity contribution in [1.29, 1.82) is 0 Å². The van der Waals surface area contributed by atoms with Gasteiger partial charge in [-0.15, -0.1) is 0 Å². The number of nitrogens with one attached hydrogen (secondary N) is 1. The van der Waals surface area contributed by atoms with E-state index in [1.165, 1.54) is 0 Å². The lowest BCUT2D eigenvalue weighted by Gasteiger charge is -2.28. The lowest BCUT2D eigenvalue weighted by molar-refractivity contribution is -0.143. The number of carbonyl (C=O) groups excluding carboxylic acids is 1. The molecule has 1 aliphatic carbocycles. The van der Waals surface area contributed by atoms with Gasteiger partial charge in [0, 0.05) is 25.7 Å². The number of hydrogen-bond donors (Lipinski definition) is 2. The van der Waals surface area contributed by atoms with Gasteiger partial charge in [-0.2, -0.15) is 0 Å². The Bertz CT molecular complexity index is 368. The zero-order valence-corrected chi connectivity index (χ0v) is 11.7. The number of likely N-dealkylation sites (N-methyl/N-ethyl adjacent to an activating group) is 1. The number of nitrogens with zero attached hydrogens (tertiary/aromatic N) is 2. The van der Waals surface area contributed by atoms with Gasteiger partial charge in [-0.1, -0.05) is 0 Å². The first-order valence-electron chi connectivity index (χ1n) is 6.91. The van der Waals surface area contributed by atoms with Crippen LogP contribution in [0.5, 0.6) is 0 Å². The number of urea groups is 1. The fraction of sp³-hybridized carbons (Fsp3) is 0.846. The van der Waals surface area contributed by atoms with Gasteiger partial charge in [0.05, 0.1) is 5.41 Å². The third-order valence-corrected chi connectivity index (χ3v) is 4.19. The van der Waals surface area contributed by atoms with Crippen molar-refractivity contribution in [2.24, 2.45) is 5.41 Å². The first-order chi connectivity index (χ1) is 8.94. The molecule has 108 valence electrons. The summed E-state index contributed by atoms with van der Waals surface area (Å²) in [4.78, 5) is 27.3. The summed E-state index contributed by atoms with van der Waals surface area (Å²) >= 11 is 0. The molecular weight excluding hydrogens is 246 g/mol. The van der Waals surface area contributed by atoms with Gasteiger partial charge >= 0.3 is 12.0 Å². The second-order valence-electron chi connectivity index (χ2n) is 5.90. The van der Waals surface area contributed by atoms with Gasteiger partial charge in [0.15, 0.2) is 0 Å². The second-order valence-corrected chi connectivity index (χ2v) is 5.90. The molecule has 1 saturated carbocycles. The van der Waals surface area contributed by atoms with E-state index >= 15 is 0 Å². The third kappa shape index (κ3) is 3.18. The van der Waals surface area contributed by atoms with Crippen LogP contribution in [0, 0.1) is 5.41 Å². The lowest BCUT2D eigenvalue weighted by Crippen LogP contribution is -2.48. The van der Waals surface area contributed by atoms with E-state index in [0.717, 1.165) is 26.1 Å². The van der Waals surface area contributed by atoms with Gasteiger partial charge in [0.1, 0.15) is 0 Å². The van der Waals surface area contributed by atoms with Crippen LogP contribution < -0.4 is 5.32 Å². The minimum atomic E-state index is -0.795. The van der Waals surface area contributed by atoms with Gasteiger partial charge in [-0.05, 0) is 39.8 Å². The average molecular weight is 269 g/mol. The van der Waals surface area contributed by atoms with E-state index in [-0.39, 0.29) is 18.6 Å². The predicted molar refractivity (Wildman–Crippen MR) is 71.0 cm³/mol. The highest BCUT2D eigenvalue weighted by Crippen LogP contribution is 2.45. The quantitative estimate of drug-likeness (QED) is 0.786. The van der Waals surface area contributed by atoms with Crippen LogP contribution in [0.15, 0.2) is 0 Å². The number of hydrogen-bond acceptors (Lipinski definition) is 3. The Morgan fingerprint density at radius 1 is 1.37 bits per heavy atom. The summed E-state index contributed by atoms with van der Waals surface area (Å²) in [6.07, 6.45) is 2.29. The molecule has 0 aromatic carbocycles. The van der Waals surface area contributed by atoms with Crippen molar-refractivity contribution >= 4 is 12.0 Å². The fourth-order valence-electron chi connectivity index (χ4n) is 2.64. The molecule has 2 N–H and O–H groups in total. The Labute approximate surface area is 113 Å². The van der Waals surface area contributed by atoms with Gasteiger partial charge < -0.3 is 20.2 Å². The highest BCUT2D eigenvalue weighted by atomic mass is 16.4. The van der Waals surface area contributed by atoms with E-state index in [1.54, 1.807) is 0 Å². The SMILES string of the molecule is CC1CN(C)CCCN1C(=O)NCC1(C(=O)O)CC1. The van der Waals surface area contributed by atoms with Crippen LogP contribution in [0.1, 0.15) is 26.2 Å². The highest BCUT2D eigenvalue weighted by molar-refractivity contribution is 5.80. The minimum absolute atomic E-state index is 0.129. The van der Waals surface area contributed by atoms with E-state index in [2.05, 4.69) is 17.3 Å². The maximum atomic E-state index is 12.2. The Kier molecular flexibility index (Phi) is 3.99. The number of aliphatic carboxylic acids is 1. The van der Waals surface area contributed by atoms with E-state index in [4.69, 9.17) is 5.11 Å². The molecule has 19 heavy (non-hydrogen) atoms. The molecule has 1 heterocycles. The molecule has 1 aliphatic heterocycles. The number of rotatable bonds is 3. The van der Waals surface area contributed by atoms with Crippen molar-refractivity contribution in [3.63, 3.8) is 0 Å². The first kappa shape index (κ1) is 14.1. The van der Waals surface area contributed by atoms with Crippen LogP contribution in [0.2, 0.25) is 0 Å². The molecule has 0 bridgehead atoms. The Hall–Kier alpha value is -1.30. The lowest BCUT2D eigenvalue weighted by atomic mass is 10.1. The van der Waals surface area contributed by atoms with Crippen molar-refractivity contribution in [3.05, 3.63) is 0 Å². The van der Waals surface area contributed by atoms with Gasteiger partial charge in [-0.25, -0.2) is 4.79 Å². The predicted octanol–water partition coefficient (Wildman–Crippen LogP) is 0.587. The Morgan fingerprint density at radius 3 is 2.63 bits per heavy atom. The normalized spacial score (nSPS) is 26.6. The molecule has 0 aromatic heterocycles. The van der Waals surface area contributed by atoms with Crippen LogP contribution in [0.3, 0.4) is 0 Å². The molecule has 2 fully saturated rings. The number of carbonyl (C=O) groups is 2. The molecule has 1 atom stereocenters. The van der Waals surface area contributed by atoms with Crippen LogP contribution in [-0.4, -0.2) is 66.2 Å². The monoisotopic (exact) mass is 269 g/mol.